The van der Waals surface area contributed by atoms with Crippen LogP contribution in [-0.2, 0) is 28.4 Å². The van der Waals surface area contributed by atoms with Crippen molar-refractivity contribution in [2.45, 2.75) is 61.2 Å². The van der Waals surface area contributed by atoms with Crippen LogP contribution in [0.4, 0.5) is 0 Å². The smallest absolute Gasteiger partial charge is 0.187 e. The zero-order valence-electron chi connectivity index (χ0n) is 15.6. The lowest BCUT2D eigenvalue weighted by atomic mass is 9.91. The average molecular weight is 398 g/mol. The number of methoxy groups -OCH3 is 3. The summed E-state index contributed by atoms with van der Waals surface area (Å²) in [5.41, 5.74) is -1.41. The van der Waals surface area contributed by atoms with E-state index in [4.69, 9.17) is 28.4 Å². The minimum atomic E-state index is -1.46. The quantitative estimate of drug-likeness (QED) is 0.283. The van der Waals surface area contributed by atoms with Gasteiger partial charge in [-0.15, -0.1) is 0 Å². The molecule has 6 unspecified atom stereocenters. The Kier molecular flexibility index (Phi) is 8.34. The van der Waals surface area contributed by atoms with E-state index in [2.05, 4.69) is 0 Å². The predicted molar refractivity (Wildman–Crippen MR) is 87.6 cm³/mol. The predicted octanol–water partition coefficient (Wildman–Crippen LogP) is -3.04. The van der Waals surface area contributed by atoms with Gasteiger partial charge in [0.05, 0.1) is 25.9 Å². The third-order valence-electron chi connectivity index (χ3n) is 4.93. The molecule has 0 aromatic rings. The minimum Gasteiger partial charge on any atom is -0.393 e. The molecule has 27 heavy (non-hydrogen) atoms. The molecule has 9 atom stereocenters. The summed E-state index contributed by atoms with van der Waals surface area (Å²) in [5, 5.41) is 50.3. The van der Waals surface area contributed by atoms with Crippen LogP contribution in [0, 0.1) is 0 Å². The fourth-order valence-electron chi connectivity index (χ4n) is 3.40. The van der Waals surface area contributed by atoms with Gasteiger partial charge >= 0.3 is 0 Å². The molecule has 2 saturated heterocycles. The molecule has 0 aromatic carbocycles. The fraction of sp³-hybridized carbons (Fsp3) is 1.00. The van der Waals surface area contributed by atoms with E-state index in [1.54, 1.807) is 0 Å². The van der Waals surface area contributed by atoms with E-state index in [0.717, 1.165) is 0 Å². The van der Waals surface area contributed by atoms with Gasteiger partial charge in [-0.05, 0) is 0 Å². The highest BCUT2D eigenvalue weighted by Crippen LogP contribution is 2.32. The Morgan fingerprint density at radius 1 is 1.00 bits per heavy atom. The zero-order chi connectivity index (χ0) is 20.2. The molecule has 0 aromatic heterocycles. The fourth-order valence-corrected chi connectivity index (χ4v) is 3.40. The molecule has 0 spiro atoms. The Morgan fingerprint density at radius 3 is 2.19 bits per heavy atom. The van der Waals surface area contributed by atoms with Crippen LogP contribution in [0.25, 0.3) is 0 Å². The van der Waals surface area contributed by atoms with Crippen molar-refractivity contribution in [2.75, 3.05) is 41.2 Å². The van der Waals surface area contributed by atoms with Gasteiger partial charge in [-0.3, -0.25) is 0 Å². The molecule has 0 saturated carbocycles. The molecule has 11 nitrogen and oxygen atoms in total. The van der Waals surface area contributed by atoms with Gasteiger partial charge in [0.25, 0.3) is 0 Å². The molecule has 0 aliphatic carbocycles. The summed E-state index contributed by atoms with van der Waals surface area (Å²) in [7, 11) is 4.07. The summed E-state index contributed by atoms with van der Waals surface area (Å²) in [5.74, 6) is 0. The monoisotopic (exact) mass is 398 g/mol. The van der Waals surface area contributed by atoms with Gasteiger partial charge in [-0.1, -0.05) is 0 Å². The van der Waals surface area contributed by atoms with Gasteiger partial charge in [0.15, 0.2) is 12.6 Å². The van der Waals surface area contributed by atoms with Crippen molar-refractivity contribution < 1.29 is 54.0 Å². The maximum atomic E-state index is 10.2. The van der Waals surface area contributed by atoms with Crippen LogP contribution in [0.2, 0.25) is 0 Å². The van der Waals surface area contributed by atoms with Crippen molar-refractivity contribution in [2.24, 2.45) is 0 Å². The molecule has 11 heteroatoms. The molecule has 0 bridgehead atoms. The highest BCUT2D eigenvalue weighted by Gasteiger charge is 2.49. The van der Waals surface area contributed by atoms with Crippen LogP contribution >= 0.6 is 0 Å². The van der Waals surface area contributed by atoms with E-state index in [1.807, 2.05) is 0 Å². The SMILES string of the molecule is COCC1O[C@@H](OCC2(CO)CC(O)C(OC)[C@H](O)O2)C(OC)C(O)[C@@H]1O. The first-order valence-electron chi connectivity index (χ1n) is 8.65. The molecule has 2 fully saturated rings. The number of hydrogen-bond donors (Lipinski definition) is 5. The second-order valence-corrected chi connectivity index (χ2v) is 6.81. The van der Waals surface area contributed by atoms with E-state index < -0.39 is 61.4 Å². The standard InChI is InChI=1S/C16H30O11/c1-22-5-9-10(19)11(20)13(24-3)15(26-9)25-7-16(6-17)4-8(18)12(23-2)14(21)27-16/h8-15,17-21H,4-7H2,1-3H3/t8?,9?,10-,11?,12?,13?,14-,15-,16?/m1/s1. The van der Waals surface area contributed by atoms with Crippen molar-refractivity contribution in [1.29, 1.82) is 0 Å². The summed E-state index contributed by atoms with van der Waals surface area (Å²) in [4.78, 5) is 0. The van der Waals surface area contributed by atoms with Crippen molar-refractivity contribution in [3.05, 3.63) is 0 Å². The van der Waals surface area contributed by atoms with Gasteiger partial charge in [0, 0.05) is 27.8 Å². The van der Waals surface area contributed by atoms with Gasteiger partial charge in [-0.25, -0.2) is 0 Å². The normalized spacial score (nSPS) is 45.8. The summed E-state index contributed by atoms with van der Waals surface area (Å²) >= 11 is 0. The first kappa shape index (κ1) is 22.8. The number of ether oxygens (including phenoxy) is 6. The largest absolute Gasteiger partial charge is 0.393 e. The highest BCUT2D eigenvalue weighted by atomic mass is 16.7. The zero-order valence-corrected chi connectivity index (χ0v) is 15.6. The van der Waals surface area contributed by atoms with Crippen molar-refractivity contribution >= 4 is 0 Å². The average Bonchev–Trinajstić information content (AvgIpc) is 2.64. The molecule has 0 amide bonds. The summed E-state index contributed by atoms with van der Waals surface area (Å²) in [6.07, 6.45) is -9.06. The maximum Gasteiger partial charge on any atom is 0.187 e. The van der Waals surface area contributed by atoms with Crippen LogP contribution in [0.5, 0.6) is 0 Å². The Bertz CT molecular complexity index is 436. The Hall–Kier alpha value is -0.440. The van der Waals surface area contributed by atoms with E-state index in [-0.39, 0.29) is 19.6 Å². The second kappa shape index (κ2) is 9.85. The molecule has 2 rings (SSSR count). The van der Waals surface area contributed by atoms with Gasteiger partial charge in [0.2, 0.25) is 0 Å². The molecule has 0 radical (unpaired) electrons. The molecule has 2 aliphatic heterocycles. The van der Waals surface area contributed by atoms with Crippen LogP contribution in [0.3, 0.4) is 0 Å². The third-order valence-corrected chi connectivity index (χ3v) is 4.93. The maximum absolute atomic E-state index is 10.2. The lowest BCUT2D eigenvalue weighted by molar-refractivity contribution is -0.340. The number of aliphatic hydroxyl groups is 5. The van der Waals surface area contributed by atoms with E-state index in [9.17, 15) is 25.5 Å². The highest BCUT2D eigenvalue weighted by molar-refractivity contribution is 4.94. The molecule has 160 valence electrons. The summed E-state index contributed by atoms with van der Waals surface area (Å²) < 4.78 is 31.8. The third kappa shape index (κ3) is 4.95. The van der Waals surface area contributed by atoms with Gasteiger partial charge < -0.3 is 54.0 Å². The Morgan fingerprint density at radius 2 is 1.67 bits per heavy atom. The Balaban J connectivity index is 2.07. The van der Waals surface area contributed by atoms with Gasteiger partial charge in [0.1, 0.15) is 36.1 Å². The van der Waals surface area contributed by atoms with E-state index in [0.29, 0.717) is 0 Å². The number of rotatable bonds is 8. The molecule has 2 aliphatic rings. The van der Waals surface area contributed by atoms with Crippen molar-refractivity contribution in [1.82, 2.24) is 0 Å². The Labute approximate surface area is 157 Å². The van der Waals surface area contributed by atoms with Crippen LogP contribution in [0.1, 0.15) is 6.42 Å². The first-order chi connectivity index (χ1) is 12.8. The lowest BCUT2D eigenvalue weighted by Gasteiger charge is -2.46. The summed E-state index contributed by atoms with van der Waals surface area (Å²) in [6.45, 7) is -0.807. The molecular weight excluding hydrogens is 368 g/mol. The number of hydrogen-bond acceptors (Lipinski definition) is 11. The van der Waals surface area contributed by atoms with E-state index >= 15 is 0 Å². The van der Waals surface area contributed by atoms with E-state index in [1.165, 1.54) is 21.3 Å². The first-order valence-corrected chi connectivity index (χ1v) is 8.65. The van der Waals surface area contributed by atoms with Crippen LogP contribution < -0.4 is 0 Å². The summed E-state index contributed by atoms with van der Waals surface area (Å²) in [6, 6.07) is 0. The second-order valence-electron chi connectivity index (χ2n) is 6.81. The van der Waals surface area contributed by atoms with Gasteiger partial charge in [-0.2, -0.15) is 0 Å². The molecule has 5 N–H and O–H groups in total. The number of aliphatic hydroxyl groups excluding tert-OH is 5. The minimum absolute atomic E-state index is 0.0170. The van der Waals surface area contributed by atoms with Crippen molar-refractivity contribution in [3.8, 4) is 0 Å². The lowest BCUT2D eigenvalue weighted by Crippen LogP contribution is -2.62. The van der Waals surface area contributed by atoms with Crippen molar-refractivity contribution in [3.63, 3.8) is 0 Å². The molecule has 2 heterocycles. The molecular formula is C16H30O11. The topological polar surface area (TPSA) is 157 Å². The van der Waals surface area contributed by atoms with Crippen LogP contribution in [-0.4, -0.2) is 121 Å². The van der Waals surface area contributed by atoms with Crippen LogP contribution in [0.15, 0.2) is 0 Å².